The molecule has 15 heavy (non-hydrogen) atoms. The largest absolute Gasteiger partial charge is 0.224 e. The third-order valence-corrected chi connectivity index (χ3v) is 4.20. The molecule has 0 aliphatic heterocycles. The number of benzene rings is 1. The summed E-state index contributed by atoms with van der Waals surface area (Å²) in [5.41, 5.74) is 0.361. The van der Waals surface area contributed by atoms with Gasteiger partial charge >= 0.3 is 0 Å². The first-order valence-corrected chi connectivity index (χ1v) is 6.27. The molecular weight excluding hydrogens is 324 g/mol. The molecule has 0 N–H and O–H groups in total. The van der Waals surface area contributed by atoms with Gasteiger partial charge in [-0.05, 0) is 28.1 Å². The molecule has 2 rings (SSSR count). The van der Waals surface area contributed by atoms with E-state index >= 15 is 0 Å². The molecule has 6 heteroatoms. The summed E-state index contributed by atoms with van der Waals surface area (Å²) < 4.78 is 14.2. The Bertz CT molecular complexity index is 515. The van der Waals surface area contributed by atoms with Gasteiger partial charge in [-0.15, -0.1) is 11.3 Å². The number of thiazole rings is 1. The maximum absolute atomic E-state index is 13.7. The molecule has 1 nitrogen and oxygen atoms in total. The summed E-state index contributed by atoms with van der Waals surface area (Å²) in [6, 6.07) is 3.29. The molecule has 0 spiro atoms. The van der Waals surface area contributed by atoms with Gasteiger partial charge in [0.25, 0.3) is 0 Å². The molecule has 1 heterocycles. The molecule has 1 aromatic carbocycles. The predicted octanol–water partition coefficient (Wildman–Crippen LogP) is 5.02. The van der Waals surface area contributed by atoms with E-state index in [2.05, 4.69) is 20.9 Å². The Labute approximate surface area is 108 Å². The number of hydrogen-bond donors (Lipinski definition) is 0. The van der Waals surface area contributed by atoms with Gasteiger partial charge in [-0.1, -0.05) is 23.2 Å². The van der Waals surface area contributed by atoms with Crippen molar-refractivity contribution >= 4 is 50.5 Å². The van der Waals surface area contributed by atoms with Gasteiger partial charge in [-0.2, -0.15) is 0 Å². The smallest absolute Gasteiger partial charge is 0.153 e. The first kappa shape index (κ1) is 11.3. The minimum absolute atomic E-state index is 0.0545. The van der Waals surface area contributed by atoms with Gasteiger partial charge in [-0.25, -0.2) is 9.37 Å². The number of nitrogens with zero attached hydrogens (tertiary/aromatic N) is 1. The van der Waals surface area contributed by atoms with Crippen molar-refractivity contribution in [3.63, 3.8) is 0 Å². The maximum atomic E-state index is 13.7. The molecule has 0 atom stereocenters. The lowest BCUT2D eigenvalue weighted by Gasteiger charge is -2.02. The molecule has 0 unspecified atom stereocenters. The van der Waals surface area contributed by atoms with Crippen LogP contribution in [0.5, 0.6) is 0 Å². The number of aromatic nitrogens is 1. The molecular formula is C9H3BrCl2FNS. The average molecular weight is 327 g/mol. The van der Waals surface area contributed by atoms with Gasteiger partial charge in [-0.3, -0.25) is 0 Å². The molecule has 0 amide bonds. The van der Waals surface area contributed by atoms with Crippen molar-refractivity contribution in [2.45, 2.75) is 0 Å². The predicted molar refractivity (Wildman–Crippen MR) is 65.2 cm³/mol. The van der Waals surface area contributed by atoms with Crippen molar-refractivity contribution in [3.05, 3.63) is 38.0 Å². The van der Waals surface area contributed by atoms with Crippen molar-refractivity contribution in [1.29, 1.82) is 0 Å². The van der Waals surface area contributed by atoms with E-state index in [4.69, 9.17) is 23.2 Å². The van der Waals surface area contributed by atoms with Crippen LogP contribution in [0, 0.1) is 5.82 Å². The molecule has 0 saturated heterocycles. The summed E-state index contributed by atoms with van der Waals surface area (Å²) in [6.45, 7) is 0. The Morgan fingerprint density at radius 1 is 1.33 bits per heavy atom. The van der Waals surface area contributed by atoms with Gasteiger partial charge in [0.15, 0.2) is 5.82 Å². The van der Waals surface area contributed by atoms with Crippen molar-refractivity contribution < 1.29 is 4.39 Å². The summed E-state index contributed by atoms with van der Waals surface area (Å²) in [7, 11) is 0. The van der Waals surface area contributed by atoms with Crippen molar-refractivity contribution in [2.75, 3.05) is 0 Å². The van der Waals surface area contributed by atoms with Crippen LogP contribution >= 0.6 is 50.5 Å². The zero-order valence-corrected chi connectivity index (χ0v) is 11.0. The van der Waals surface area contributed by atoms with E-state index in [-0.39, 0.29) is 5.02 Å². The van der Waals surface area contributed by atoms with Crippen LogP contribution in [0.15, 0.2) is 22.0 Å². The Hall–Kier alpha value is -0.160. The lowest BCUT2D eigenvalue weighted by atomic mass is 10.2. The molecule has 0 fully saturated rings. The molecule has 0 aliphatic carbocycles. The molecule has 0 bridgehead atoms. The van der Waals surface area contributed by atoms with Crippen LogP contribution < -0.4 is 0 Å². The highest BCUT2D eigenvalue weighted by molar-refractivity contribution is 9.10. The highest BCUT2D eigenvalue weighted by Crippen LogP contribution is 2.34. The van der Waals surface area contributed by atoms with Crippen LogP contribution in [0.25, 0.3) is 10.6 Å². The summed E-state index contributed by atoms with van der Waals surface area (Å²) >= 11 is 15.8. The van der Waals surface area contributed by atoms with Gasteiger partial charge in [0.2, 0.25) is 0 Å². The van der Waals surface area contributed by atoms with E-state index < -0.39 is 5.82 Å². The second kappa shape index (κ2) is 4.37. The van der Waals surface area contributed by atoms with Gasteiger partial charge < -0.3 is 0 Å². The zero-order valence-electron chi connectivity index (χ0n) is 7.10. The summed E-state index contributed by atoms with van der Waals surface area (Å²) in [6.07, 6.45) is 0. The Balaban J connectivity index is 2.59. The molecule has 78 valence electrons. The highest BCUT2D eigenvalue weighted by atomic mass is 79.9. The Morgan fingerprint density at radius 2 is 2.07 bits per heavy atom. The fourth-order valence-corrected chi connectivity index (χ4v) is 2.51. The third-order valence-electron chi connectivity index (χ3n) is 1.74. The third kappa shape index (κ3) is 2.18. The van der Waals surface area contributed by atoms with Crippen molar-refractivity contribution in [3.8, 4) is 10.6 Å². The van der Waals surface area contributed by atoms with E-state index in [1.54, 1.807) is 17.5 Å². The molecule has 0 radical (unpaired) electrons. The fourth-order valence-electron chi connectivity index (χ4n) is 1.07. The van der Waals surface area contributed by atoms with Crippen molar-refractivity contribution in [1.82, 2.24) is 4.98 Å². The topological polar surface area (TPSA) is 12.9 Å². The van der Waals surface area contributed by atoms with Crippen LogP contribution in [-0.2, 0) is 0 Å². The first-order chi connectivity index (χ1) is 7.09. The minimum atomic E-state index is -0.489. The Morgan fingerprint density at radius 3 is 2.67 bits per heavy atom. The second-order valence-electron chi connectivity index (χ2n) is 2.70. The maximum Gasteiger partial charge on any atom is 0.153 e. The van der Waals surface area contributed by atoms with E-state index in [0.29, 0.717) is 20.2 Å². The van der Waals surface area contributed by atoms with E-state index in [1.165, 1.54) is 11.3 Å². The van der Waals surface area contributed by atoms with Crippen molar-refractivity contribution in [2.24, 2.45) is 0 Å². The minimum Gasteiger partial charge on any atom is -0.224 e. The van der Waals surface area contributed by atoms with Crippen LogP contribution in [-0.4, -0.2) is 4.98 Å². The molecule has 2 aromatic rings. The molecule has 1 aromatic heterocycles. The SMILES string of the molecule is Fc1c(-c2nc(Cl)cs2)ccc(Br)c1Cl. The molecule has 0 saturated carbocycles. The average Bonchev–Trinajstić information content (AvgIpc) is 2.61. The van der Waals surface area contributed by atoms with Crippen LogP contribution in [0.3, 0.4) is 0 Å². The number of hydrogen-bond acceptors (Lipinski definition) is 2. The normalized spacial score (nSPS) is 10.7. The van der Waals surface area contributed by atoms with Gasteiger partial charge in [0.1, 0.15) is 10.2 Å². The lowest BCUT2D eigenvalue weighted by molar-refractivity contribution is 0.631. The van der Waals surface area contributed by atoms with Gasteiger partial charge in [0, 0.05) is 15.4 Å². The lowest BCUT2D eigenvalue weighted by Crippen LogP contribution is -1.85. The first-order valence-electron chi connectivity index (χ1n) is 3.84. The van der Waals surface area contributed by atoms with Crippen LogP contribution in [0.1, 0.15) is 0 Å². The van der Waals surface area contributed by atoms with Crippen LogP contribution in [0.4, 0.5) is 4.39 Å². The second-order valence-corrected chi connectivity index (χ2v) is 5.18. The summed E-state index contributed by atoms with van der Waals surface area (Å²) in [5, 5.41) is 2.57. The van der Waals surface area contributed by atoms with E-state index in [1.807, 2.05) is 0 Å². The van der Waals surface area contributed by atoms with E-state index in [0.717, 1.165) is 0 Å². The standard InChI is InChI=1S/C9H3BrCl2FNS/c10-5-2-1-4(8(13)7(5)12)9-14-6(11)3-15-9/h1-3H. The van der Waals surface area contributed by atoms with Crippen LogP contribution in [0.2, 0.25) is 10.2 Å². The van der Waals surface area contributed by atoms with Gasteiger partial charge in [0.05, 0.1) is 5.02 Å². The Kier molecular flexibility index (Phi) is 3.30. The zero-order chi connectivity index (χ0) is 11.0. The fraction of sp³-hybridized carbons (Fsp3) is 0. The summed E-state index contributed by atoms with van der Waals surface area (Å²) in [4.78, 5) is 3.98. The number of rotatable bonds is 1. The number of halogens is 4. The van der Waals surface area contributed by atoms with E-state index in [9.17, 15) is 4.39 Å². The monoisotopic (exact) mass is 325 g/mol. The highest BCUT2D eigenvalue weighted by Gasteiger charge is 2.14. The summed E-state index contributed by atoms with van der Waals surface area (Å²) in [5.74, 6) is -0.489. The molecule has 0 aliphatic rings. The quantitative estimate of drug-likeness (QED) is 0.671.